The molecule has 7 nitrogen and oxygen atoms in total. The van der Waals surface area contributed by atoms with Crippen LogP contribution in [-0.4, -0.2) is 35.4 Å². The van der Waals surface area contributed by atoms with Crippen LogP contribution >= 0.6 is 0 Å². The van der Waals surface area contributed by atoms with Crippen molar-refractivity contribution in [1.82, 2.24) is 29.0 Å². The van der Waals surface area contributed by atoms with Crippen molar-refractivity contribution in [3.8, 4) is 5.69 Å². The molecule has 2 aliphatic carbocycles. The zero-order chi connectivity index (χ0) is 27.5. The number of pyridine rings is 1. The molecule has 206 valence electrons. The number of aromatic nitrogens is 5. The van der Waals surface area contributed by atoms with Crippen molar-refractivity contribution in [3.05, 3.63) is 82.1 Å². The third kappa shape index (κ3) is 4.66. The first-order chi connectivity index (χ1) is 18.5. The van der Waals surface area contributed by atoms with Gasteiger partial charge in [0.05, 0.1) is 16.8 Å². The summed E-state index contributed by atoms with van der Waals surface area (Å²) in [4.78, 5) is 13.5. The molecule has 2 aliphatic rings. The molecule has 1 aromatic carbocycles. The fraction of sp³-hybridized carbons (Fsp3) is 0.464. The second kappa shape index (κ2) is 9.32. The lowest BCUT2D eigenvalue weighted by molar-refractivity contribution is -0.136. The van der Waals surface area contributed by atoms with Gasteiger partial charge in [-0.2, -0.15) is 13.2 Å². The lowest BCUT2D eigenvalue weighted by Crippen LogP contribution is -2.47. The Bertz CT molecular complexity index is 1570. The van der Waals surface area contributed by atoms with Crippen LogP contribution in [0.2, 0.25) is 0 Å². The lowest BCUT2D eigenvalue weighted by Gasteiger charge is -2.39. The van der Waals surface area contributed by atoms with Crippen LogP contribution in [0, 0.1) is 5.92 Å². The van der Waals surface area contributed by atoms with E-state index in [1.165, 1.54) is 17.0 Å². The van der Waals surface area contributed by atoms with E-state index >= 15 is 0 Å². The van der Waals surface area contributed by atoms with Crippen LogP contribution in [0.1, 0.15) is 67.5 Å². The second-order valence-corrected chi connectivity index (χ2v) is 11.3. The van der Waals surface area contributed by atoms with Gasteiger partial charge < -0.3 is 9.88 Å². The number of halogens is 4. The fourth-order valence-corrected chi connectivity index (χ4v) is 5.89. The molecule has 0 amide bonds. The molecule has 3 heterocycles. The maximum atomic E-state index is 14.1. The number of aryl methyl sites for hydroxylation is 1. The zero-order valence-corrected chi connectivity index (χ0v) is 21.7. The summed E-state index contributed by atoms with van der Waals surface area (Å²) in [5.74, 6) is 0.427. The quantitative estimate of drug-likeness (QED) is 0.328. The van der Waals surface area contributed by atoms with Gasteiger partial charge in [-0.05, 0) is 74.3 Å². The van der Waals surface area contributed by atoms with Crippen molar-refractivity contribution in [2.45, 2.75) is 69.4 Å². The Kier molecular flexibility index (Phi) is 6.16. The maximum absolute atomic E-state index is 14.1. The summed E-state index contributed by atoms with van der Waals surface area (Å²) >= 11 is 0. The second-order valence-electron chi connectivity index (χ2n) is 11.3. The minimum Gasteiger partial charge on any atom is -0.320 e. The highest BCUT2D eigenvalue weighted by Gasteiger charge is 2.39. The molecule has 0 bridgehead atoms. The number of benzene rings is 1. The summed E-state index contributed by atoms with van der Waals surface area (Å²) in [6.07, 6.45) is 2.62. The van der Waals surface area contributed by atoms with E-state index < -0.39 is 23.6 Å². The van der Waals surface area contributed by atoms with Gasteiger partial charge in [0.15, 0.2) is 0 Å². The largest absolute Gasteiger partial charge is 0.418 e. The van der Waals surface area contributed by atoms with E-state index in [0.717, 1.165) is 35.3 Å². The summed E-state index contributed by atoms with van der Waals surface area (Å²) in [7, 11) is 1.82. The summed E-state index contributed by atoms with van der Waals surface area (Å²) in [5, 5.41) is 11.6. The molecule has 39 heavy (non-hydrogen) atoms. The Morgan fingerprint density at radius 2 is 1.95 bits per heavy atom. The summed E-state index contributed by atoms with van der Waals surface area (Å²) in [6, 6.07) is 8.22. The third-order valence-electron chi connectivity index (χ3n) is 8.43. The van der Waals surface area contributed by atoms with Crippen LogP contribution in [-0.2, 0) is 19.8 Å². The zero-order valence-electron chi connectivity index (χ0n) is 21.7. The Labute approximate surface area is 222 Å². The Morgan fingerprint density at radius 3 is 2.56 bits per heavy atom. The first kappa shape index (κ1) is 25.8. The molecule has 2 saturated carbocycles. The van der Waals surface area contributed by atoms with Crippen molar-refractivity contribution in [1.29, 1.82) is 0 Å². The molecule has 6 rings (SSSR count). The maximum Gasteiger partial charge on any atom is 0.418 e. The molecule has 1 atom stereocenters. The summed E-state index contributed by atoms with van der Waals surface area (Å²) in [6.45, 7) is 2.29. The minimum absolute atomic E-state index is 0.00685. The number of alkyl halides is 4. The van der Waals surface area contributed by atoms with Gasteiger partial charge in [-0.1, -0.05) is 12.1 Å². The minimum atomic E-state index is -4.63. The van der Waals surface area contributed by atoms with Gasteiger partial charge in [0, 0.05) is 37.4 Å². The number of nitrogens with zero attached hydrogens (tertiary/aromatic N) is 5. The van der Waals surface area contributed by atoms with Gasteiger partial charge >= 0.3 is 11.9 Å². The topological polar surface area (TPSA) is 69.2 Å². The van der Waals surface area contributed by atoms with Crippen molar-refractivity contribution < 1.29 is 17.6 Å². The van der Waals surface area contributed by atoms with Gasteiger partial charge in [-0.25, -0.2) is 9.18 Å². The molecular weight excluding hydrogens is 512 g/mol. The van der Waals surface area contributed by atoms with E-state index in [1.807, 2.05) is 13.1 Å². The van der Waals surface area contributed by atoms with Gasteiger partial charge in [-0.3, -0.25) is 8.97 Å². The van der Waals surface area contributed by atoms with Crippen LogP contribution in [0.15, 0.2) is 53.8 Å². The average Bonchev–Trinajstić information content (AvgIpc) is 3.43. The summed E-state index contributed by atoms with van der Waals surface area (Å²) in [5.41, 5.74) is -0.117. The lowest BCUT2D eigenvalue weighted by atomic mass is 9.71. The van der Waals surface area contributed by atoms with Gasteiger partial charge in [0.1, 0.15) is 18.3 Å². The number of rotatable bonds is 7. The van der Waals surface area contributed by atoms with Crippen molar-refractivity contribution in [3.63, 3.8) is 0 Å². The number of nitrogens with one attached hydrogen (secondary N) is 1. The highest BCUT2D eigenvalue weighted by molar-refractivity contribution is 5.58. The predicted octanol–water partition coefficient (Wildman–Crippen LogP) is 5.15. The molecular formula is C28H30F4N6O. The molecule has 2 fully saturated rings. The number of fused-ring (bicyclic) bond motifs is 1. The molecule has 3 aromatic heterocycles. The first-order valence-corrected chi connectivity index (χ1v) is 13.2. The molecule has 0 saturated heterocycles. The smallest absolute Gasteiger partial charge is 0.320 e. The molecule has 0 spiro atoms. The third-order valence-corrected chi connectivity index (χ3v) is 8.43. The number of hydrogen-bond acceptors (Lipinski definition) is 4. The highest BCUT2D eigenvalue weighted by atomic mass is 19.4. The van der Waals surface area contributed by atoms with Crippen LogP contribution in [0.25, 0.3) is 11.2 Å². The monoisotopic (exact) mass is 542 g/mol. The summed E-state index contributed by atoms with van der Waals surface area (Å²) < 4.78 is 60.3. The van der Waals surface area contributed by atoms with Gasteiger partial charge in [0.25, 0.3) is 0 Å². The van der Waals surface area contributed by atoms with Crippen LogP contribution in [0.5, 0.6) is 0 Å². The highest BCUT2D eigenvalue weighted by Crippen LogP contribution is 2.44. The Morgan fingerprint density at radius 1 is 1.18 bits per heavy atom. The molecule has 4 aromatic rings. The molecule has 11 heteroatoms. The van der Waals surface area contributed by atoms with E-state index in [4.69, 9.17) is 0 Å². The van der Waals surface area contributed by atoms with Gasteiger partial charge in [0.2, 0.25) is 0 Å². The SMILES string of the molecule is Cn1cnnc1C(c1cccc(-n2cc3c(C(F)(F)F)cc(CNC4(C)CCC4)cn3c2=O)c1)C1CC(F)C1. The number of imidazole rings is 1. The molecule has 0 radical (unpaired) electrons. The van der Waals surface area contributed by atoms with E-state index in [0.29, 0.717) is 29.9 Å². The van der Waals surface area contributed by atoms with Crippen molar-refractivity contribution in [2.24, 2.45) is 13.0 Å². The molecule has 0 aliphatic heterocycles. The standard InChI is InChI=1S/C28H30F4N6O/c1-27(7-4-8-27)33-13-17-9-22(28(30,31)32)23-15-37(26(39)38(23)14-17)21-6-3-5-18(12-21)24(19-10-20(29)11-19)25-35-34-16-36(25)2/h3,5-6,9,12,14-16,19-20,24,33H,4,7-8,10-11,13H2,1-2H3. The van der Waals surface area contributed by atoms with Gasteiger partial charge in [-0.15, -0.1) is 10.2 Å². The van der Waals surface area contributed by atoms with E-state index in [1.54, 1.807) is 29.1 Å². The first-order valence-electron chi connectivity index (χ1n) is 13.2. The van der Waals surface area contributed by atoms with Crippen molar-refractivity contribution >= 4 is 5.52 Å². The fourth-order valence-electron chi connectivity index (χ4n) is 5.89. The molecule has 1 N–H and O–H groups in total. The predicted molar refractivity (Wildman–Crippen MR) is 138 cm³/mol. The Hall–Kier alpha value is -3.47. The average molecular weight is 543 g/mol. The van der Waals surface area contributed by atoms with Crippen LogP contribution in [0.3, 0.4) is 0 Å². The Balaban J connectivity index is 1.42. The van der Waals surface area contributed by atoms with Crippen molar-refractivity contribution in [2.75, 3.05) is 0 Å². The van der Waals surface area contributed by atoms with Crippen LogP contribution in [0.4, 0.5) is 17.6 Å². The number of hydrogen-bond donors (Lipinski definition) is 1. The van der Waals surface area contributed by atoms with Crippen LogP contribution < -0.4 is 11.0 Å². The molecule has 1 unspecified atom stereocenters. The van der Waals surface area contributed by atoms with E-state index in [9.17, 15) is 22.4 Å². The van der Waals surface area contributed by atoms with E-state index in [2.05, 4.69) is 22.4 Å². The van der Waals surface area contributed by atoms with E-state index in [-0.39, 0.29) is 29.4 Å². The normalized spacial score (nSPS) is 21.5.